The number of hydrogen-bond donors (Lipinski definition) is 2. The van der Waals surface area contributed by atoms with Crippen LogP contribution in [0.2, 0.25) is 0 Å². The van der Waals surface area contributed by atoms with Gasteiger partial charge in [-0.15, -0.1) is 0 Å². The molecule has 2 aromatic heterocycles. The summed E-state index contributed by atoms with van der Waals surface area (Å²) < 4.78 is 0. The summed E-state index contributed by atoms with van der Waals surface area (Å²) in [7, 11) is 0. The van der Waals surface area contributed by atoms with Crippen molar-refractivity contribution in [3.8, 4) is 67.3 Å². The van der Waals surface area contributed by atoms with Gasteiger partial charge in [-0.1, -0.05) is 127 Å². The summed E-state index contributed by atoms with van der Waals surface area (Å²) in [4.78, 5) is 0. The molecule has 0 fully saturated rings. The highest BCUT2D eigenvalue weighted by Gasteiger charge is 2.11. The summed E-state index contributed by atoms with van der Waals surface area (Å²) in [5, 5.41) is 15.6. The lowest BCUT2D eigenvalue weighted by molar-refractivity contribution is 1.10. The molecule has 0 atom stereocenters. The number of hydrogen-bond acceptors (Lipinski definition) is 2. The third-order valence-corrected chi connectivity index (χ3v) is 7.22. The summed E-state index contributed by atoms with van der Waals surface area (Å²) in [6.07, 6.45) is 0. The van der Waals surface area contributed by atoms with Crippen LogP contribution in [0, 0.1) is 0 Å². The van der Waals surface area contributed by atoms with Crippen molar-refractivity contribution in [2.24, 2.45) is 0 Å². The molecule has 0 spiro atoms. The summed E-state index contributed by atoms with van der Waals surface area (Å²) in [6, 6.07) is 50.5. The van der Waals surface area contributed by atoms with E-state index >= 15 is 0 Å². The van der Waals surface area contributed by atoms with Crippen LogP contribution in [-0.2, 0) is 0 Å². The van der Waals surface area contributed by atoms with Crippen LogP contribution in [0.4, 0.5) is 0 Å². The normalized spacial score (nSPS) is 11.0. The van der Waals surface area contributed by atoms with Crippen molar-refractivity contribution in [2.45, 2.75) is 0 Å². The molecule has 40 heavy (non-hydrogen) atoms. The maximum atomic E-state index is 4.61. The van der Waals surface area contributed by atoms with Gasteiger partial charge in [-0.05, 0) is 51.6 Å². The van der Waals surface area contributed by atoms with Crippen molar-refractivity contribution in [1.82, 2.24) is 20.4 Å². The molecule has 0 aliphatic carbocycles. The first-order valence-electron chi connectivity index (χ1n) is 13.3. The van der Waals surface area contributed by atoms with Gasteiger partial charge in [0.15, 0.2) is 0 Å². The molecular weight excluding hydrogens is 488 g/mol. The minimum Gasteiger partial charge on any atom is -0.277 e. The van der Waals surface area contributed by atoms with E-state index in [4.69, 9.17) is 0 Å². The van der Waals surface area contributed by atoms with E-state index in [0.717, 1.165) is 45.0 Å². The fraction of sp³-hybridized carbons (Fsp3) is 0. The lowest BCUT2D eigenvalue weighted by atomic mass is 10.0. The van der Waals surface area contributed by atoms with Crippen molar-refractivity contribution >= 4 is 0 Å². The first-order valence-corrected chi connectivity index (χ1v) is 13.3. The Morgan fingerprint density at radius 2 is 0.650 bits per heavy atom. The Morgan fingerprint density at radius 1 is 0.300 bits per heavy atom. The Hall–Kier alpha value is -5.48. The average Bonchev–Trinajstić information content (AvgIpc) is 3.74. The summed E-state index contributed by atoms with van der Waals surface area (Å²) in [5.41, 5.74) is 12.9. The van der Waals surface area contributed by atoms with Crippen molar-refractivity contribution in [3.05, 3.63) is 146 Å². The molecule has 0 radical (unpaired) electrons. The van der Waals surface area contributed by atoms with Gasteiger partial charge in [0.1, 0.15) is 0 Å². The highest BCUT2D eigenvalue weighted by Crippen LogP contribution is 2.31. The van der Waals surface area contributed by atoms with Gasteiger partial charge in [0.2, 0.25) is 0 Å². The van der Waals surface area contributed by atoms with Gasteiger partial charge in [0.05, 0.1) is 22.8 Å². The first-order chi connectivity index (χ1) is 19.8. The highest BCUT2D eigenvalue weighted by atomic mass is 15.1. The molecule has 7 aromatic rings. The minimum atomic E-state index is 0.899. The SMILES string of the molecule is c1ccc(-c2ccc(-c3cc(-c4cccc(-c5cc(-c6ccc(-c7ccccc7)cc6)[nH]n5)c4)n[nH]3)cc2)cc1. The standard InChI is InChI=1S/C36H26N4/c1-3-8-25(9-4-1)27-14-18-29(19-15-27)33-23-35(39-37-33)31-12-7-13-32(22-31)36-24-34(38-40-36)30-20-16-28(17-21-30)26-10-5-2-6-11-26/h1-24H,(H,37,39)(H,38,40). The maximum absolute atomic E-state index is 4.61. The largest absolute Gasteiger partial charge is 0.277 e. The second-order valence-corrected chi connectivity index (χ2v) is 9.80. The third kappa shape index (κ3) is 4.74. The maximum Gasteiger partial charge on any atom is 0.0927 e. The van der Waals surface area contributed by atoms with Gasteiger partial charge >= 0.3 is 0 Å². The highest BCUT2D eigenvalue weighted by molar-refractivity contribution is 5.76. The van der Waals surface area contributed by atoms with E-state index < -0.39 is 0 Å². The van der Waals surface area contributed by atoms with Crippen LogP contribution >= 0.6 is 0 Å². The lowest BCUT2D eigenvalue weighted by Crippen LogP contribution is -1.82. The molecule has 2 N–H and O–H groups in total. The van der Waals surface area contributed by atoms with E-state index in [-0.39, 0.29) is 0 Å². The molecule has 0 amide bonds. The summed E-state index contributed by atoms with van der Waals surface area (Å²) >= 11 is 0. The quantitative estimate of drug-likeness (QED) is 0.232. The zero-order chi connectivity index (χ0) is 26.7. The Morgan fingerprint density at radius 3 is 1.07 bits per heavy atom. The Bertz CT molecular complexity index is 1730. The molecular formula is C36H26N4. The van der Waals surface area contributed by atoms with Crippen molar-refractivity contribution in [3.63, 3.8) is 0 Å². The monoisotopic (exact) mass is 514 g/mol. The number of nitrogens with zero attached hydrogens (tertiary/aromatic N) is 2. The van der Waals surface area contributed by atoms with E-state index in [0.29, 0.717) is 0 Å². The van der Waals surface area contributed by atoms with E-state index in [2.05, 4.69) is 154 Å². The molecule has 2 heterocycles. The second kappa shape index (κ2) is 10.4. The number of nitrogens with one attached hydrogen (secondary N) is 2. The molecule has 0 aliphatic heterocycles. The van der Waals surface area contributed by atoms with E-state index in [1.165, 1.54) is 22.3 Å². The fourth-order valence-corrected chi connectivity index (χ4v) is 5.02. The molecule has 0 unspecified atom stereocenters. The fourth-order valence-electron chi connectivity index (χ4n) is 5.02. The number of aromatic nitrogens is 4. The predicted octanol–water partition coefficient (Wildman–Crippen LogP) is 9.13. The Balaban J connectivity index is 1.10. The van der Waals surface area contributed by atoms with E-state index in [1.807, 2.05) is 12.1 Å². The van der Waals surface area contributed by atoms with Gasteiger partial charge < -0.3 is 0 Å². The molecule has 0 saturated carbocycles. The van der Waals surface area contributed by atoms with Crippen LogP contribution in [0.3, 0.4) is 0 Å². The van der Waals surface area contributed by atoms with Gasteiger partial charge in [0, 0.05) is 11.1 Å². The predicted molar refractivity (Wildman–Crippen MR) is 163 cm³/mol. The number of rotatable bonds is 6. The zero-order valence-electron chi connectivity index (χ0n) is 21.8. The van der Waals surface area contributed by atoms with E-state index in [1.54, 1.807) is 0 Å². The minimum absolute atomic E-state index is 0.899. The lowest BCUT2D eigenvalue weighted by Gasteiger charge is -2.03. The molecule has 0 aliphatic rings. The molecule has 190 valence electrons. The molecule has 5 aromatic carbocycles. The molecule has 4 nitrogen and oxygen atoms in total. The Labute approximate surface area is 233 Å². The van der Waals surface area contributed by atoms with Crippen LogP contribution in [0.5, 0.6) is 0 Å². The van der Waals surface area contributed by atoms with Crippen LogP contribution in [-0.4, -0.2) is 20.4 Å². The van der Waals surface area contributed by atoms with Gasteiger partial charge in [0.25, 0.3) is 0 Å². The van der Waals surface area contributed by atoms with E-state index in [9.17, 15) is 0 Å². The summed E-state index contributed by atoms with van der Waals surface area (Å²) in [5.74, 6) is 0. The molecule has 0 saturated heterocycles. The summed E-state index contributed by atoms with van der Waals surface area (Å²) in [6.45, 7) is 0. The number of H-pyrrole nitrogens is 2. The van der Waals surface area contributed by atoms with Gasteiger partial charge in [-0.3, -0.25) is 10.2 Å². The van der Waals surface area contributed by atoms with Gasteiger partial charge in [-0.2, -0.15) is 10.2 Å². The van der Waals surface area contributed by atoms with Crippen molar-refractivity contribution in [1.29, 1.82) is 0 Å². The number of benzene rings is 5. The topological polar surface area (TPSA) is 57.4 Å². The van der Waals surface area contributed by atoms with Crippen molar-refractivity contribution < 1.29 is 0 Å². The smallest absolute Gasteiger partial charge is 0.0927 e. The number of aromatic amines is 2. The van der Waals surface area contributed by atoms with Crippen molar-refractivity contribution in [2.75, 3.05) is 0 Å². The third-order valence-electron chi connectivity index (χ3n) is 7.22. The average molecular weight is 515 g/mol. The Kier molecular flexibility index (Phi) is 6.11. The van der Waals surface area contributed by atoms with Crippen LogP contribution in [0.1, 0.15) is 0 Å². The molecule has 0 bridgehead atoms. The second-order valence-electron chi connectivity index (χ2n) is 9.80. The zero-order valence-corrected chi connectivity index (χ0v) is 21.8. The van der Waals surface area contributed by atoms with Crippen LogP contribution in [0.25, 0.3) is 67.3 Å². The first kappa shape index (κ1) is 23.6. The van der Waals surface area contributed by atoms with Crippen LogP contribution < -0.4 is 0 Å². The molecule has 7 rings (SSSR count). The van der Waals surface area contributed by atoms with Gasteiger partial charge in [-0.25, -0.2) is 0 Å². The molecule has 4 heteroatoms. The van der Waals surface area contributed by atoms with Crippen LogP contribution in [0.15, 0.2) is 146 Å².